The molecule has 0 aliphatic heterocycles. The number of ether oxygens (including phenoxy) is 2. The molecule has 7 heteroatoms. The van der Waals surface area contributed by atoms with Crippen LogP contribution in [0.4, 0.5) is 4.79 Å². The van der Waals surface area contributed by atoms with Crippen LogP contribution in [-0.2, 0) is 38.5 Å². The first kappa shape index (κ1) is 24.3. The number of amides is 2. The molecule has 1 aliphatic rings. The van der Waals surface area contributed by atoms with Gasteiger partial charge in [0.1, 0.15) is 24.8 Å². The van der Waals surface area contributed by atoms with Crippen LogP contribution in [0.2, 0.25) is 0 Å². The number of carbonyl (C=O) groups excluding carboxylic acids is 3. The highest BCUT2D eigenvalue weighted by Gasteiger charge is 2.35. The molecule has 0 bridgehead atoms. The summed E-state index contributed by atoms with van der Waals surface area (Å²) in [6.07, 6.45) is 0.609. The van der Waals surface area contributed by atoms with Gasteiger partial charge in [-0.05, 0) is 57.2 Å². The Kier molecular flexibility index (Phi) is 7.74. The van der Waals surface area contributed by atoms with Crippen molar-refractivity contribution in [2.45, 2.75) is 64.8 Å². The first-order valence-corrected chi connectivity index (χ1v) is 11.2. The van der Waals surface area contributed by atoms with E-state index in [4.69, 9.17) is 9.47 Å². The van der Waals surface area contributed by atoms with Gasteiger partial charge in [-0.1, -0.05) is 54.6 Å². The fourth-order valence-corrected chi connectivity index (χ4v) is 3.91. The SMILES string of the molecule is CC(NC(=O)OCc1ccccc1)C(=O)N(CC(=O)OC(C)(C)C)C1Cc2ccccc2C1. The first-order chi connectivity index (χ1) is 15.6. The summed E-state index contributed by atoms with van der Waals surface area (Å²) in [4.78, 5) is 39.7. The highest BCUT2D eigenvalue weighted by atomic mass is 16.6. The maximum atomic E-state index is 13.3. The number of nitrogens with zero attached hydrogens (tertiary/aromatic N) is 1. The average molecular weight is 453 g/mol. The van der Waals surface area contributed by atoms with Gasteiger partial charge in [0.15, 0.2) is 0 Å². The third kappa shape index (κ3) is 7.07. The molecular weight excluding hydrogens is 420 g/mol. The maximum absolute atomic E-state index is 13.3. The van der Waals surface area contributed by atoms with Gasteiger partial charge in [0.25, 0.3) is 0 Å². The molecule has 2 aromatic carbocycles. The van der Waals surface area contributed by atoms with Crippen molar-refractivity contribution in [2.75, 3.05) is 6.54 Å². The molecule has 1 N–H and O–H groups in total. The quantitative estimate of drug-likeness (QED) is 0.649. The van der Waals surface area contributed by atoms with Gasteiger partial charge in [-0.15, -0.1) is 0 Å². The van der Waals surface area contributed by atoms with Crippen molar-refractivity contribution in [1.29, 1.82) is 0 Å². The zero-order valence-electron chi connectivity index (χ0n) is 19.7. The molecule has 1 unspecified atom stereocenters. The second-order valence-corrected chi connectivity index (χ2v) is 9.31. The summed E-state index contributed by atoms with van der Waals surface area (Å²) >= 11 is 0. The van der Waals surface area contributed by atoms with Crippen LogP contribution in [0.5, 0.6) is 0 Å². The number of hydrogen-bond donors (Lipinski definition) is 1. The molecule has 0 heterocycles. The summed E-state index contributed by atoms with van der Waals surface area (Å²) in [5.41, 5.74) is 2.51. The first-order valence-electron chi connectivity index (χ1n) is 11.2. The molecule has 33 heavy (non-hydrogen) atoms. The Hall–Kier alpha value is -3.35. The Balaban J connectivity index is 1.66. The summed E-state index contributed by atoms with van der Waals surface area (Å²) in [6.45, 7) is 6.88. The van der Waals surface area contributed by atoms with Gasteiger partial charge < -0.3 is 19.7 Å². The van der Waals surface area contributed by atoms with E-state index in [0.717, 1.165) is 16.7 Å². The Labute approximate surface area is 195 Å². The van der Waals surface area contributed by atoms with Crippen LogP contribution in [0.25, 0.3) is 0 Å². The predicted octanol–water partition coefficient (Wildman–Crippen LogP) is 3.64. The predicted molar refractivity (Wildman–Crippen MR) is 124 cm³/mol. The lowest BCUT2D eigenvalue weighted by atomic mass is 10.1. The molecule has 2 amide bonds. The highest BCUT2D eigenvalue weighted by molar-refractivity contribution is 5.88. The van der Waals surface area contributed by atoms with Gasteiger partial charge in [-0.3, -0.25) is 9.59 Å². The average Bonchev–Trinajstić information content (AvgIpc) is 3.19. The standard InChI is InChI=1S/C26H32N2O5/c1-18(27-25(31)32-17-19-10-6-5-7-11-19)24(30)28(16-23(29)33-26(2,3)4)22-14-20-12-8-9-13-21(20)15-22/h5-13,18,22H,14-17H2,1-4H3,(H,27,31). The molecule has 0 aromatic heterocycles. The van der Waals surface area contributed by atoms with Gasteiger partial charge in [0.05, 0.1) is 0 Å². The second kappa shape index (κ2) is 10.5. The van der Waals surface area contributed by atoms with Gasteiger partial charge in [-0.2, -0.15) is 0 Å². The fourth-order valence-electron chi connectivity index (χ4n) is 3.91. The van der Waals surface area contributed by atoms with Crippen LogP contribution in [0.1, 0.15) is 44.4 Å². The van der Waals surface area contributed by atoms with Gasteiger partial charge in [-0.25, -0.2) is 4.79 Å². The Bertz CT molecular complexity index is 959. The molecule has 0 radical (unpaired) electrons. The summed E-state index contributed by atoms with van der Waals surface area (Å²) in [5.74, 6) is -0.832. The minimum atomic E-state index is -0.862. The van der Waals surface area contributed by atoms with E-state index in [1.54, 1.807) is 27.7 Å². The third-order valence-corrected chi connectivity index (χ3v) is 5.39. The summed E-state index contributed by atoms with van der Waals surface area (Å²) in [5, 5.41) is 2.59. The van der Waals surface area contributed by atoms with E-state index in [1.807, 2.05) is 54.6 Å². The lowest BCUT2D eigenvalue weighted by Crippen LogP contribution is -2.53. The second-order valence-electron chi connectivity index (χ2n) is 9.31. The Morgan fingerprint density at radius 1 is 1.00 bits per heavy atom. The van der Waals surface area contributed by atoms with Crippen molar-refractivity contribution in [1.82, 2.24) is 10.2 Å². The molecule has 7 nitrogen and oxygen atoms in total. The van der Waals surface area contributed by atoms with Crippen LogP contribution < -0.4 is 5.32 Å². The highest BCUT2D eigenvalue weighted by Crippen LogP contribution is 2.26. The third-order valence-electron chi connectivity index (χ3n) is 5.39. The number of benzene rings is 2. The smallest absolute Gasteiger partial charge is 0.408 e. The molecule has 0 spiro atoms. The molecule has 0 fully saturated rings. The van der Waals surface area contributed by atoms with E-state index in [-0.39, 0.29) is 25.1 Å². The van der Waals surface area contributed by atoms with E-state index in [0.29, 0.717) is 12.8 Å². The minimum Gasteiger partial charge on any atom is -0.459 e. The van der Waals surface area contributed by atoms with E-state index in [2.05, 4.69) is 5.32 Å². The molecule has 1 aliphatic carbocycles. The zero-order chi connectivity index (χ0) is 24.0. The summed E-state index contributed by atoms with van der Waals surface area (Å²) < 4.78 is 10.7. The topological polar surface area (TPSA) is 84.9 Å². The molecular formula is C26H32N2O5. The van der Waals surface area contributed by atoms with Crippen molar-refractivity contribution in [3.05, 3.63) is 71.3 Å². The number of rotatable bonds is 7. The molecule has 0 saturated carbocycles. The van der Waals surface area contributed by atoms with Crippen LogP contribution in [0.3, 0.4) is 0 Å². The molecule has 176 valence electrons. The Morgan fingerprint density at radius 3 is 2.15 bits per heavy atom. The normalized spacial score (nSPS) is 14.2. The number of fused-ring (bicyclic) bond motifs is 1. The van der Waals surface area contributed by atoms with E-state index in [9.17, 15) is 14.4 Å². The monoisotopic (exact) mass is 452 g/mol. The van der Waals surface area contributed by atoms with E-state index >= 15 is 0 Å². The number of hydrogen-bond acceptors (Lipinski definition) is 5. The molecule has 3 rings (SSSR count). The summed E-state index contributed by atoms with van der Waals surface area (Å²) in [6, 6.07) is 16.2. The number of alkyl carbamates (subject to hydrolysis) is 1. The Morgan fingerprint density at radius 2 is 1.58 bits per heavy atom. The van der Waals surface area contributed by atoms with Crippen LogP contribution in [0.15, 0.2) is 54.6 Å². The number of carbonyl (C=O) groups is 3. The van der Waals surface area contributed by atoms with Gasteiger partial charge in [0, 0.05) is 6.04 Å². The lowest BCUT2D eigenvalue weighted by molar-refractivity contribution is -0.160. The van der Waals surface area contributed by atoms with Crippen LogP contribution in [0, 0.1) is 0 Å². The fraction of sp³-hybridized carbons (Fsp3) is 0.423. The number of esters is 1. The van der Waals surface area contributed by atoms with Gasteiger partial charge >= 0.3 is 12.1 Å². The molecule has 1 atom stereocenters. The van der Waals surface area contributed by atoms with Crippen molar-refractivity contribution in [3.63, 3.8) is 0 Å². The largest absolute Gasteiger partial charge is 0.459 e. The maximum Gasteiger partial charge on any atom is 0.408 e. The molecule has 2 aromatic rings. The van der Waals surface area contributed by atoms with Crippen molar-refractivity contribution in [2.24, 2.45) is 0 Å². The van der Waals surface area contributed by atoms with E-state index in [1.165, 1.54) is 4.90 Å². The molecule has 0 saturated heterocycles. The van der Waals surface area contributed by atoms with Gasteiger partial charge in [0.2, 0.25) is 5.91 Å². The zero-order valence-corrected chi connectivity index (χ0v) is 19.7. The summed E-state index contributed by atoms with van der Waals surface area (Å²) in [7, 11) is 0. The van der Waals surface area contributed by atoms with Crippen molar-refractivity contribution >= 4 is 18.0 Å². The van der Waals surface area contributed by atoms with Crippen molar-refractivity contribution < 1.29 is 23.9 Å². The van der Waals surface area contributed by atoms with Crippen LogP contribution >= 0.6 is 0 Å². The number of nitrogens with one attached hydrogen (secondary N) is 1. The van der Waals surface area contributed by atoms with Crippen LogP contribution in [-0.4, -0.2) is 47.1 Å². The lowest BCUT2D eigenvalue weighted by Gasteiger charge is -2.32. The van der Waals surface area contributed by atoms with Crippen molar-refractivity contribution in [3.8, 4) is 0 Å². The van der Waals surface area contributed by atoms with E-state index < -0.39 is 23.7 Å². The minimum absolute atomic E-state index is 0.104.